The molecule has 2 unspecified atom stereocenters. The molecule has 0 amide bonds. The number of likely N-dealkylation sites (tertiary alicyclic amines) is 1. The van der Waals surface area contributed by atoms with E-state index in [0.29, 0.717) is 25.1 Å². The Hall–Kier alpha value is -0.160. The molecule has 0 spiro atoms. The lowest BCUT2D eigenvalue weighted by Gasteiger charge is -2.41. The summed E-state index contributed by atoms with van der Waals surface area (Å²) >= 11 is 0. The number of piperidine rings is 1. The summed E-state index contributed by atoms with van der Waals surface area (Å²) in [5.74, 6) is 1.52. The van der Waals surface area contributed by atoms with Gasteiger partial charge in [-0.3, -0.25) is 0 Å². The first kappa shape index (κ1) is 14.3. The van der Waals surface area contributed by atoms with Crippen LogP contribution in [-0.2, 0) is 0 Å². The Balaban J connectivity index is 1.79. The van der Waals surface area contributed by atoms with Gasteiger partial charge in [0.2, 0.25) is 0 Å². The fraction of sp³-hybridized carbons (Fsp3) is 1.00. The lowest BCUT2D eigenvalue weighted by molar-refractivity contribution is 0.0886. The highest BCUT2D eigenvalue weighted by molar-refractivity contribution is 4.85. The first-order chi connectivity index (χ1) is 8.81. The lowest BCUT2D eigenvalue weighted by Crippen LogP contribution is -2.51. The summed E-state index contributed by atoms with van der Waals surface area (Å²) in [7, 11) is 0. The molecule has 1 aliphatic heterocycles. The molecule has 0 aromatic carbocycles. The smallest absolute Gasteiger partial charge is 0.0556 e. The standard InChI is InChI=1S/C14H28N2O2/c17-6-4-13-8-14(15-5-7-18)11-16(10-13)9-12-2-1-3-12/h12-15,17-18H,1-11H2. The third-order valence-electron chi connectivity index (χ3n) is 4.44. The Morgan fingerprint density at radius 2 is 1.89 bits per heavy atom. The highest BCUT2D eigenvalue weighted by Crippen LogP contribution is 2.29. The quantitative estimate of drug-likeness (QED) is 0.619. The highest BCUT2D eigenvalue weighted by Gasteiger charge is 2.29. The van der Waals surface area contributed by atoms with Crippen molar-refractivity contribution in [1.29, 1.82) is 0 Å². The van der Waals surface area contributed by atoms with Gasteiger partial charge in [-0.1, -0.05) is 6.42 Å². The van der Waals surface area contributed by atoms with Gasteiger partial charge in [-0.05, 0) is 37.5 Å². The van der Waals surface area contributed by atoms with Gasteiger partial charge in [0.15, 0.2) is 0 Å². The molecule has 2 rings (SSSR count). The number of hydrogen-bond donors (Lipinski definition) is 3. The predicted octanol–water partition coefficient (Wildman–Crippen LogP) is 0.441. The molecular weight excluding hydrogens is 228 g/mol. The SMILES string of the molecule is OCCNC1CC(CCO)CN(CC2CCC2)C1. The zero-order valence-electron chi connectivity index (χ0n) is 11.4. The summed E-state index contributed by atoms with van der Waals surface area (Å²) in [5, 5.41) is 21.5. The van der Waals surface area contributed by atoms with E-state index in [4.69, 9.17) is 10.2 Å². The molecule has 2 aliphatic rings. The van der Waals surface area contributed by atoms with Crippen LogP contribution >= 0.6 is 0 Å². The molecule has 0 radical (unpaired) electrons. The molecule has 2 atom stereocenters. The van der Waals surface area contributed by atoms with Gasteiger partial charge in [-0.15, -0.1) is 0 Å². The van der Waals surface area contributed by atoms with Crippen LogP contribution < -0.4 is 5.32 Å². The minimum atomic E-state index is 0.212. The molecule has 2 fully saturated rings. The molecule has 1 aliphatic carbocycles. The maximum absolute atomic E-state index is 9.13. The molecule has 18 heavy (non-hydrogen) atoms. The minimum absolute atomic E-state index is 0.212. The van der Waals surface area contributed by atoms with Crippen molar-refractivity contribution in [3.63, 3.8) is 0 Å². The van der Waals surface area contributed by atoms with Crippen molar-refractivity contribution in [1.82, 2.24) is 10.2 Å². The van der Waals surface area contributed by atoms with Crippen LogP contribution in [0.3, 0.4) is 0 Å². The highest BCUT2D eigenvalue weighted by atomic mass is 16.3. The fourth-order valence-electron chi connectivity index (χ4n) is 3.30. The molecule has 1 heterocycles. The average Bonchev–Trinajstić information content (AvgIpc) is 2.32. The minimum Gasteiger partial charge on any atom is -0.396 e. The van der Waals surface area contributed by atoms with E-state index in [9.17, 15) is 0 Å². The maximum Gasteiger partial charge on any atom is 0.0556 e. The second kappa shape index (κ2) is 7.43. The van der Waals surface area contributed by atoms with Gasteiger partial charge >= 0.3 is 0 Å². The summed E-state index contributed by atoms with van der Waals surface area (Å²) < 4.78 is 0. The summed E-state index contributed by atoms with van der Waals surface area (Å²) in [6.45, 7) is 4.69. The van der Waals surface area contributed by atoms with E-state index in [-0.39, 0.29) is 6.61 Å². The first-order valence-corrected chi connectivity index (χ1v) is 7.49. The van der Waals surface area contributed by atoms with E-state index < -0.39 is 0 Å². The molecule has 4 heteroatoms. The van der Waals surface area contributed by atoms with Crippen LogP contribution in [-0.4, -0.2) is 60.5 Å². The van der Waals surface area contributed by atoms with E-state index in [0.717, 1.165) is 31.8 Å². The van der Waals surface area contributed by atoms with Gasteiger partial charge in [0.25, 0.3) is 0 Å². The molecular formula is C14H28N2O2. The summed E-state index contributed by atoms with van der Waals surface area (Å²) in [4.78, 5) is 2.57. The van der Waals surface area contributed by atoms with Crippen molar-refractivity contribution in [2.75, 3.05) is 39.4 Å². The molecule has 0 bridgehead atoms. The third kappa shape index (κ3) is 4.19. The molecule has 4 nitrogen and oxygen atoms in total. The number of aliphatic hydroxyl groups excluding tert-OH is 2. The van der Waals surface area contributed by atoms with Crippen molar-refractivity contribution in [3.05, 3.63) is 0 Å². The summed E-state index contributed by atoms with van der Waals surface area (Å²) in [6, 6.07) is 0.488. The van der Waals surface area contributed by atoms with Crippen LogP contribution in [0.1, 0.15) is 32.1 Å². The van der Waals surface area contributed by atoms with E-state index in [1.54, 1.807) is 0 Å². The van der Waals surface area contributed by atoms with Gasteiger partial charge < -0.3 is 20.4 Å². The zero-order chi connectivity index (χ0) is 12.8. The Bertz CT molecular complexity index is 234. The zero-order valence-corrected chi connectivity index (χ0v) is 11.4. The van der Waals surface area contributed by atoms with Crippen molar-refractivity contribution in [3.8, 4) is 0 Å². The lowest BCUT2D eigenvalue weighted by atomic mass is 9.83. The van der Waals surface area contributed by atoms with Gasteiger partial charge in [0.1, 0.15) is 0 Å². The number of hydrogen-bond acceptors (Lipinski definition) is 4. The van der Waals surface area contributed by atoms with E-state index in [1.807, 2.05) is 0 Å². The average molecular weight is 256 g/mol. The Morgan fingerprint density at radius 1 is 1.06 bits per heavy atom. The van der Waals surface area contributed by atoms with Gasteiger partial charge in [0, 0.05) is 38.8 Å². The van der Waals surface area contributed by atoms with Gasteiger partial charge in [-0.2, -0.15) is 0 Å². The van der Waals surface area contributed by atoms with Crippen molar-refractivity contribution < 1.29 is 10.2 Å². The fourth-order valence-corrected chi connectivity index (χ4v) is 3.30. The van der Waals surface area contributed by atoms with E-state index >= 15 is 0 Å². The molecule has 3 N–H and O–H groups in total. The third-order valence-corrected chi connectivity index (χ3v) is 4.44. The Morgan fingerprint density at radius 3 is 2.50 bits per heavy atom. The van der Waals surface area contributed by atoms with Crippen LogP contribution in [0.15, 0.2) is 0 Å². The summed E-state index contributed by atoms with van der Waals surface area (Å²) in [6.07, 6.45) is 6.26. The van der Waals surface area contributed by atoms with Crippen molar-refractivity contribution in [2.45, 2.75) is 38.1 Å². The normalized spacial score (nSPS) is 30.3. The van der Waals surface area contributed by atoms with Crippen LogP contribution in [0.4, 0.5) is 0 Å². The largest absolute Gasteiger partial charge is 0.396 e. The molecule has 1 saturated heterocycles. The van der Waals surface area contributed by atoms with E-state index in [1.165, 1.54) is 25.8 Å². The van der Waals surface area contributed by atoms with Gasteiger partial charge in [-0.25, -0.2) is 0 Å². The predicted molar refractivity (Wildman–Crippen MR) is 72.5 cm³/mol. The van der Waals surface area contributed by atoms with Crippen molar-refractivity contribution in [2.24, 2.45) is 11.8 Å². The van der Waals surface area contributed by atoms with Crippen molar-refractivity contribution >= 4 is 0 Å². The number of nitrogens with zero attached hydrogens (tertiary/aromatic N) is 1. The second-order valence-electron chi connectivity index (χ2n) is 6.00. The molecule has 0 aromatic heterocycles. The molecule has 106 valence electrons. The van der Waals surface area contributed by atoms with Crippen LogP contribution in [0.2, 0.25) is 0 Å². The Labute approximate surface area is 110 Å². The monoisotopic (exact) mass is 256 g/mol. The second-order valence-corrected chi connectivity index (χ2v) is 6.00. The first-order valence-electron chi connectivity index (χ1n) is 7.49. The van der Waals surface area contributed by atoms with Crippen LogP contribution in [0.5, 0.6) is 0 Å². The van der Waals surface area contributed by atoms with Crippen LogP contribution in [0.25, 0.3) is 0 Å². The summed E-state index contributed by atoms with van der Waals surface area (Å²) in [5.41, 5.74) is 0. The number of aliphatic hydroxyl groups is 2. The van der Waals surface area contributed by atoms with E-state index in [2.05, 4.69) is 10.2 Å². The maximum atomic E-state index is 9.13. The molecule has 0 aromatic rings. The number of rotatable bonds is 7. The Kier molecular flexibility index (Phi) is 5.89. The number of nitrogens with one attached hydrogen (secondary N) is 1. The van der Waals surface area contributed by atoms with Gasteiger partial charge in [0.05, 0.1) is 6.61 Å². The topological polar surface area (TPSA) is 55.7 Å². The molecule has 1 saturated carbocycles. The van der Waals surface area contributed by atoms with Crippen LogP contribution in [0, 0.1) is 11.8 Å².